The van der Waals surface area contributed by atoms with Crippen LogP contribution in [-0.2, 0) is 17.7 Å². The van der Waals surface area contributed by atoms with Crippen LogP contribution in [0.2, 0.25) is 0 Å². The Bertz CT molecular complexity index is 380. The van der Waals surface area contributed by atoms with Gasteiger partial charge in [0.15, 0.2) is 0 Å². The van der Waals surface area contributed by atoms with Gasteiger partial charge in [-0.2, -0.15) is 0 Å². The lowest BCUT2D eigenvalue weighted by atomic mass is 10.1. The molecule has 3 nitrogen and oxygen atoms in total. The highest BCUT2D eigenvalue weighted by atomic mass is 16.5. The van der Waals surface area contributed by atoms with Crippen LogP contribution in [0, 0.1) is 0 Å². The predicted molar refractivity (Wildman–Crippen MR) is 84.0 cm³/mol. The van der Waals surface area contributed by atoms with E-state index in [1.54, 1.807) is 0 Å². The molecule has 112 valence electrons. The van der Waals surface area contributed by atoms with E-state index < -0.39 is 0 Å². The molecule has 20 heavy (non-hydrogen) atoms. The first-order valence-electron chi connectivity index (χ1n) is 7.83. The SMILES string of the molecule is CCNCCc1ccc(CN2CC(C)OC(C)C2)cc1. The molecular formula is C17H28N2O. The van der Waals surface area contributed by atoms with Crippen molar-refractivity contribution in [3.05, 3.63) is 35.4 Å². The van der Waals surface area contributed by atoms with E-state index in [-0.39, 0.29) is 0 Å². The van der Waals surface area contributed by atoms with Gasteiger partial charge in [-0.25, -0.2) is 0 Å². The first kappa shape index (κ1) is 15.5. The summed E-state index contributed by atoms with van der Waals surface area (Å²) in [5.41, 5.74) is 2.82. The van der Waals surface area contributed by atoms with Crippen molar-refractivity contribution in [2.24, 2.45) is 0 Å². The van der Waals surface area contributed by atoms with Gasteiger partial charge in [0, 0.05) is 19.6 Å². The molecule has 1 aliphatic rings. The zero-order valence-corrected chi connectivity index (χ0v) is 13.1. The summed E-state index contributed by atoms with van der Waals surface area (Å²) in [5, 5.41) is 3.36. The van der Waals surface area contributed by atoms with Crippen molar-refractivity contribution < 1.29 is 4.74 Å². The number of hydrogen-bond acceptors (Lipinski definition) is 3. The fourth-order valence-electron chi connectivity index (χ4n) is 2.89. The van der Waals surface area contributed by atoms with E-state index in [0.29, 0.717) is 12.2 Å². The first-order valence-corrected chi connectivity index (χ1v) is 7.83. The van der Waals surface area contributed by atoms with Crippen molar-refractivity contribution in [1.82, 2.24) is 10.2 Å². The molecule has 2 unspecified atom stereocenters. The summed E-state index contributed by atoms with van der Waals surface area (Å²) in [6.45, 7) is 11.7. The second kappa shape index (κ2) is 7.77. The molecule has 0 radical (unpaired) electrons. The Morgan fingerprint density at radius 1 is 1.10 bits per heavy atom. The quantitative estimate of drug-likeness (QED) is 0.808. The molecule has 1 aliphatic heterocycles. The third kappa shape index (κ3) is 4.89. The van der Waals surface area contributed by atoms with Crippen LogP contribution in [0.4, 0.5) is 0 Å². The molecule has 1 fully saturated rings. The molecular weight excluding hydrogens is 248 g/mol. The van der Waals surface area contributed by atoms with Crippen LogP contribution >= 0.6 is 0 Å². The lowest BCUT2D eigenvalue weighted by molar-refractivity contribution is -0.0704. The average molecular weight is 276 g/mol. The lowest BCUT2D eigenvalue weighted by Gasteiger charge is -2.35. The molecule has 0 aliphatic carbocycles. The number of morpholine rings is 1. The Morgan fingerprint density at radius 3 is 2.30 bits per heavy atom. The molecule has 0 bridgehead atoms. The predicted octanol–water partition coefficient (Wildman–Crippen LogP) is 2.45. The number of nitrogens with one attached hydrogen (secondary N) is 1. The third-order valence-electron chi connectivity index (χ3n) is 3.76. The van der Waals surface area contributed by atoms with E-state index in [0.717, 1.165) is 39.1 Å². The minimum atomic E-state index is 0.346. The summed E-state index contributed by atoms with van der Waals surface area (Å²) in [6, 6.07) is 9.07. The Balaban J connectivity index is 1.83. The molecule has 1 heterocycles. The van der Waals surface area contributed by atoms with Gasteiger partial charge in [0.1, 0.15) is 0 Å². The van der Waals surface area contributed by atoms with Crippen molar-refractivity contribution in [3.63, 3.8) is 0 Å². The van der Waals surface area contributed by atoms with Crippen molar-refractivity contribution >= 4 is 0 Å². The Kier molecular flexibility index (Phi) is 6.02. The molecule has 0 aromatic heterocycles. The molecule has 1 aromatic rings. The summed E-state index contributed by atoms with van der Waals surface area (Å²) >= 11 is 0. The highest BCUT2D eigenvalue weighted by Gasteiger charge is 2.21. The maximum atomic E-state index is 5.78. The fourth-order valence-corrected chi connectivity index (χ4v) is 2.89. The number of nitrogens with zero attached hydrogens (tertiary/aromatic N) is 1. The number of benzene rings is 1. The van der Waals surface area contributed by atoms with Crippen LogP contribution in [-0.4, -0.2) is 43.3 Å². The van der Waals surface area contributed by atoms with Crippen LogP contribution < -0.4 is 5.32 Å². The number of hydrogen-bond donors (Lipinski definition) is 1. The smallest absolute Gasteiger partial charge is 0.0678 e. The molecule has 1 N–H and O–H groups in total. The van der Waals surface area contributed by atoms with Crippen LogP contribution in [0.25, 0.3) is 0 Å². The molecule has 3 heteroatoms. The van der Waals surface area contributed by atoms with Gasteiger partial charge in [-0.05, 0) is 44.5 Å². The minimum absolute atomic E-state index is 0.346. The Labute approximate surface area is 123 Å². The summed E-state index contributed by atoms with van der Waals surface area (Å²) < 4.78 is 5.78. The minimum Gasteiger partial charge on any atom is -0.373 e. The van der Waals surface area contributed by atoms with E-state index >= 15 is 0 Å². The normalized spacial score (nSPS) is 23.9. The van der Waals surface area contributed by atoms with E-state index in [2.05, 4.69) is 55.3 Å². The standard InChI is InChI=1S/C17H28N2O/c1-4-18-10-9-16-5-7-17(8-6-16)13-19-11-14(2)20-15(3)12-19/h5-8,14-15,18H,4,9-13H2,1-3H3. The first-order chi connectivity index (χ1) is 9.67. The van der Waals surface area contributed by atoms with Crippen LogP contribution in [0.15, 0.2) is 24.3 Å². The molecule has 0 amide bonds. The number of ether oxygens (including phenoxy) is 1. The van der Waals surface area contributed by atoms with E-state index in [1.807, 2.05) is 0 Å². The van der Waals surface area contributed by atoms with E-state index in [1.165, 1.54) is 11.1 Å². The van der Waals surface area contributed by atoms with E-state index in [4.69, 9.17) is 4.74 Å². The van der Waals surface area contributed by atoms with Crippen LogP contribution in [0.3, 0.4) is 0 Å². The Hall–Kier alpha value is -0.900. The number of rotatable bonds is 6. The largest absolute Gasteiger partial charge is 0.373 e. The fraction of sp³-hybridized carbons (Fsp3) is 0.647. The van der Waals surface area contributed by atoms with Crippen LogP contribution in [0.5, 0.6) is 0 Å². The van der Waals surface area contributed by atoms with Gasteiger partial charge in [0.2, 0.25) is 0 Å². The molecule has 0 saturated carbocycles. The van der Waals surface area contributed by atoms with Gasteiger partial charge < -0.3 is 10.1 Å². The number of likely N-dealkylation sites (N-methyl/N-ethyl adjacent to an activating group) is 1. The molecule has 2 rings (SSSR count). The molecule has 2 atom stereocenters. The monoisotopic (exact) mass is 276 g/mol. The van der Waals surface area contributed by atoms with Gasteiger partial charge >= 0.3 is 0 Å². The van der Waals surface area contributed by atoms with Crippen molar-refractivity contribution in [2.45, 2.75) is 45.9 Å². The van der Waals surface area contributed by atoms with Gasteiger partial charge in [-0.1, -0.05) is 31.2 Å². The second-order valence-electron chi connectivity index (χ2n) is 5.87. The summed E-state index contributed by atoms with van der Waals surface area (Å²) in [5.74, 6) is 0. The van der Waals surface area contributed by atoms with Crippen molar-refractivity contribution in [1.29, 1.82) is 0 Å². The summed E-state index contributed by atoms with van der Waals surface area (Å²) in [7, 11) is 0. The lowest BCUT2D eigenvalue weighted by Crippen LogP contribution is -2.44. The van der Waals surface area contributed by atoms with Crippen molar-refractivity contribution in [2.75, 3.05) is 26.2 Å². The zero-order chi connectivity index (χ0) is 14.4. The second-order valence-corrected chi connectivity index (χ2v) is 5.87. The Morgan fingerprint density at radius 2 is 1.70 bits per heavy atom. The highest BCUT2D eigenvalue weighted by Crippen LogP contribution is 2.14. The molecule has 0 spiro atoms. The third-order valence-corrected chi connectivity index (χ3v) is 3.76. The van der Waals surface area contributed by atoms with Gasteiger partial charge in [0.05, 0.1) is 12.2 Å². The maximum absolute atomic E-state index is 5.78. The highest BCUT2D eigenvalue weighted by molar-refractivity contribution is 5.22. The van der Waals surface area contributed by atoms with Crippen molar-refractivity contribution in [3.8, 4) is 0 Å². The zero-order valence-electron chi connectivity index (χ0n) is 13.1. The topological polar surface area (TPSA) is 24.5 Å². The van der Waals surface area contributed by atoms with Gasteiger partial charge in [-0.3, -0.25) is 4.90 Å². The maximum Gasteiger partial charge on any atom is 0.0678 e. The average Bonchev–Trinajstić information content (AvgIpc) is 2.40. The molecule has 1 saturated heterocycles. The van der Waals surface area contributed by atoms with Gasteiger partial charge in [-0.15, -0.1) is 0 Å². The van der Waals surface area contributed by atoms with Crippen LogP contribution in [0.1, 0.15) is 31.9 Å². The summed E-state index contributed by atoms with van der Waals surface area (Å²) in [6.07, 6.45) is 1.80. The van der Waals surface area contributed by atoms with Gasteiger partial charge in [0.25, 0.3) is 0 Å². The summed E-state index contributed by atoms with van der Waals surface area (Å²) in [4.78, 5) is 2.49. The van der Waals surface area contributed by atoms with E-state index in [9.17, 15) is 0 Å². The molecule has 1 aromatic carbocycles.